The fourth-order valence-corrected chi connectivity index (χ4v) is 7.32. The predicted octanol–water partition coefficient (Wildman–Crippen LogP) is 11.6. The van der Waals surface area contributed by atoms with Gasteiger partial charge in [0.1, 0.15) is 17.7 Å². The number of ketones is 2. The van der Waals surface area contributed by atoms with Crippen molar-refractivity contribution in [3.63, 3.8) is 0 Å². The van der Waals surface area contributed by atoms with E-state index in [1.165, 1.54) is 62.5 Å². The minimum Gasteiger partial charge on any atom is -0.462 e. The molecule has 45 heavy (non-hydrogen) atoms. The molecule has 0 spiro atoms. The van der Waals surface area contributed by atoms with E-state index in [2.05, 4.69) is 59.8 Å². The summed E-state index contributed by atoms with van der Waals surface area (Å²) in [4.78, 5) is 33.9. The first-order valence-corrected chi connectivity index (χ1v) is 18.8. The Morgan fingerprint density at radius 3 is 2.07 bits per heavy atom. The van der Waals surface area contributed by atoms with Gasteiger partial charge in [0, 0.05) is 31.1 Å². The Morgan fingerprint density at radius 1 is 0.844 bits per heavy atom. The summed E-state index contributed by atoms with van der Waals surface area (Å²) >= 11 is 0. The van der Waals surface area contributed by atoms with Crippen LogP contribution in [0.2, 0.25) is 0 Å². The van der Waals surface area contributed by atoms with Crippen LogP contribution in [0, 0.1) is 23.7 Å². The van der Waals surface area contributed by atoms with Gasteiger partial charge in [-0.05, 0) is 129 Å². The highest BCUT2D eigenvalue weighted by Crippen LogP contribution is 2.36. The maximum Gasteiger partial charge on any atom is 0.306 e. The van der Waals surface area contributed by atoms with Crippen LogP contribution >= 0.6 is 0 Å². The molecular formula is C41H68O4. The Morgan fingerprint density at radius 2 is 1.51 bits per heavy atom. The summed E-state index contributed by atoms with van der Waals surface area (Å²) in [7, 11) is 0. The van der Waals surface area contributed by atoms with Crippen molar-refractivity contribution in [2.45, 2.75) is 182 Å². The van der Waals surface area contributed by atoms with E-state index in [1.807, 2.05) is 0 Å². The fourth-order valence-electron chi connectivity index (χ4n) is 7.32. The number of esters is 1. The first-order chi connectivity index (χ1) is 21.6. The van der Waals surface area contributed by atoms with Gasteiger partial charge >= 0.3 is 5.97 Å². The minimum absolute atomic E-state index is 0.00134. The largest absolute Gasteiger partial charge is 0.462 e. The van der Waals surface area contributed by atoms with Gasteiger partial charge < -0.3 is 4.74 Å². The first kappa shape index (κ1) is 39.2. The lowest BCUT2D eigenvalue weighted by Gasteiger charge is -2.28. The van der Waals surface area contributed by atoms with Crippen LogP contribution in [-0.4, -0.2) is 23.6 Å². The third kappa shape index (κ3) is 17.0. The van der Waals surface area contributed by atoms with E-state index < -0.39 is 0 Å². The summed E-state index contributed by atoms with van der Waals surface area (Å²) in [6.07, 6.45) is 30.8. The normalized spacial score (nSPS) is 25.5. The summed E-state index contributed by atoms with van der Waals surface area (Å²) in [5, 5.41) is 0. The van der Waals surface area contributed by atoms with E-state index in [4.69, 9.17) is 4.74 Å². The minimum atomic E-state index is -0.00134. The van der Waals surface area contributed by atoms with E-state index in [9.17, 15) is 14.4 Å². The molecule has 0 amide bonds. The molecule has 0 aromatic heterocycles. The molecule has 5 atom stereocenters. The molecule has 4 rings (SSSR count). The van der Waals surface area contributed by atoms with Crippen molar-refractivity contribution < 1.29 is 19.1 Å². The maximum atomic E-state index is 11.6. The lowest BCUT2D eigenvalue weighted by molar-refractivity contribution is -0.141. The molecule has 256 valence electrons. The molecule has 2 saturated carbocycles. The molecular weight excluding hydrogens is 556 g/mol. The molecule has 4 heteroatoms. The summed E-state index contributed by atoms with van der Waals surface area (Å²) < 4.78 is 5.13. The topological polar surface area (TPSA) is 60.4 Å². The van der Waals surface area contributed by atoms with Crippen molar-refractivity contribution in [3.05, 3.63) is 34.9 Å². The lowest BCUT2D eigenvalue weighted by Crippen LogP contribution is -2.19. The summed E-state index contributed by atoms with van der Waals surface area (Å²) in [6, 6.07) is 0. The number of cyclic esters (lactones) is 1. The number of allylic oxidation sites excluding steroid dienone is 6. The highest BCUT2D eigenvalue weighted by molar-refractivity contribution is 5.83. The number of hydrogen-bond acceptors (Lipinski definition) is 4. The molecule has 1 aliphatic heterocycles. The number of Topliss-reactive ketones (excluding diaryl/α,β-unsaturated/α-hetero) is 2. The Kier molecular flexibility index (Phi) is 19.6. The molecule has 0 aromatic carbocycles. The molecule has 5 unspecified atom stereocenters. The zero-order valence-corrected chi connectivity index (χ0v) is 30.1. The second kappa shape index (κ2) is 22.5. The maximum absolute atomic E-state index is 11.6. The smallest absolute Gasteiger partial charge is 0.306 e. The number of carbonyl (C=O) groups excluding carboxylic acids is 3. The average molecular weight is 625 g/mol. The quantitative estimate of drug-likeness (QED) is 0.110. The molecule has 0 radical (unpaired) electrons. The third-order valence-corrected chi connectivity index (χ3v) is 10.4. The molecule has 1 heterocycles. The van der Waals surface area contributed by atoms with Crippen LogP contribution in [0.1, 0.15) is 176 Å². The lowest BCUT2D eigenvalue weighted by atomic mass is 9.77. The van der Waals surface area contributed by atoms with E-state index >= 15 is 0 Å². The van der Waals surface area contributed by atoms with Gasteiger partial charge in [-0.2, -0.15) is 0 Å². The van der Waals surface area contributed by atoms with Crippen LogP contribution in [0.5, 0.6) is 0 Å². The van der Waals surface area contributed by atoms with Gasteiger partial charge in [0.2, 0.25) is 0 Å². The Hall–Kier alpha value is -1.97. The molecule has 1 saturated heterocycles. The standard InChI is InChI=1S/2C15H24O.C11H20O2/c1-11-6-8-13(9-7-11)12(2)10-14-4-3-5-15(14)16;1-12(2)7-4-5-8-13(3)11-14-9-6-10-15(14)16;1-2-3-4-5-6-7-10-8-9-11(12)13-10/h6,12-14H,3-5,7-10H2,1-2H3;7-8,14H,4-6,9-11H2,1-3H3;10H,2-9H2,1H3/b;13-8+;. The first-order valence-electron chi connectivity index (χ1n) is 18.8. The predicted molar refractivity (Wildman–Crippen MR) is 189 cm³/mol. The SMILES string of the molecule is CC(C)=CCC/C=C(\C)CC1CCCC1=O.CC1=CCC(C(C)CC2CCCC2=O)CC1.CCCCCCCC1CCC(=O)O1. The van der Waals surface area contributed by atoms with Crippen molar-refractivity contribution in [1.82, 2.24) is 0 Å². The Labute approximate surface area is 277 Å². The molecule has 0 aromatic rings. The number of unbranched alkanes of at least 4 members (excludes halogenated alkanes) is 5. The van der Waals surface area contributed by atoms with Gasteiger partial charge in [-0.15, -0.1) is 0 Å². The average Bonchev–Trinajstić information content (AvgIpc) is 3.73. The molecule has 0 bridgehead atoms. The van der Waals surface area contributed by atoms with Crippen molar-refractivity contribution >= 4 is 17.5 Å². The molecule has 3 fully saturated rings. The monoisotopic (exact) mass is 625 g/mol. The molecule has 4 aliphatic rings. The van der Waals surface area contributed by atoms with E-state index in [1.54, 1.807) is 5.57 Å². The van der Waals surface area contributed by atoms with Crippen LogP contribution in [0.4, 0.5) is 0 Å². The van der Waals surface area contributed by atoms with Crippen molar-refractivity contribution in [3.8, 4) is 0 Å². The van der Waals surface area contributed by atoms with Gasteiger partial charge in [-0.3, -0.25) is 14.4 Å². The summed E-state index contributed by atoms with van der Waals surface area (Å²) in [5.41, 5.74) is 4.33. The molecule has 4 nitrogen and oxygen atoms in total. The van der Waals surface area contributed by atoms with Crippen molar-refractivity contribution in [2.75, 3.05) is 0 Å². The Balaban J connectivity index is 0.000000237. The number of carbonyl (C=O) groups is 3. The second-order valence-corrected chi connectivity index (χ2v) is 14.9. The van der Waals surface area contributed by atoms with E-state index in [0.717, 1.165) is 88.9 Å². The van der Waals surface area contributed by atoms with Crippen molar-refractivity contribution in [1.29, 1.82) is 0 Å². The highest BCUT2D eigenvalue weighted by Gasteiger charge is 2.29. The van der Waals surface area contributed by atoms with Gasteiger partial charge in [0.15, 0.2) is 0 Å². The Bertz CT molecular complexity index is 981. The van der Waals surface area contributed by atoms with Crippen LogP contribution < -0.4 is 0 Å². The molecule has 0 N–H and O–H groups in total. The van der Waals surface area contributed by atoms with Gasteiger partial charge in [0.05, 0.1) is 0 Å². The van der Waals surface area contributed by atoms with Crippen molar-refractivity contribution in [2.24, 2.45) is 23.7 Å². The van der Waals surface area contributed by atoms with Gasteiger partial charge in [-0.1, -0.05) is 74.5 Å². The zero-order chi connectivity index (χ0) is 33.0. The number of rotatable bonds is 14. The van der Waals surface area contributed by atoms with Crippen LogP contribution in [-0.2, 0) is 19.1 Å². The summed E-state index contributed by atoms with van der Waals surface area (Å²) in [6.45, 7) is 13.2. The molecule has 3 aliphatic carbocycles. The fraction of sp³-hybridized carbons (Fsp3) is 0.780. The summed E-state index contributed by atoms with van der Waals surface area (Å²) in [5.74, 6) is 3.32. The second-order valence-electron chi connectivity index (χ2n) is 14.9. The van der Waals surface area contributed by atoms with Crippen LogP contribution in [0.3, 0.4) is 0 Å². The van der Waals surface area contributed by atoms with Gasteiger partial charge in [0.25, 0.3) is 0 Å². The number of ether oxygens (including phenoxy) is 1. The van der Waals surface area contributed by atoms with E-state index in [0.29, 0.717) is 29.8 Å². The highest BCUT2D eigenvalue weighted by atomic mass is 16.5. The van der Waals surface area contributed by atoms with E-state index in [-0.39, 0.29) is 12.1 Å². The third-order valence-electron chi connectivity index (χ3n) is 10.4. The van der Waals surface area contributed by atoms with Crippen LogP contribution in [0.15, 0.2) is 34.9 Å². The van der Waals surface area contributed by atoms with Crippen LogP contribution in [0.25, 0.3) is 0 Å². The number of hydrogen-bond donors (Lipinski definition) is 0. The van der Waals surface area contributed by atoms with Gasteiger partial charge in [-0.25, -0.2) is 0 Å². The zero-order valence-electron chi connectivity index (χ0n) is 30.1.